The Labute approximate surface area is 105 Å². The molecular weight excluding hydrogens is 208 g/mol. The van der Waals surface area contributed by atoms with Gasteiger partial charge in [0.05, 0.1) is 6.10 Å². The first-order chi connectivity index (χ1) is 7.76. The fraction of sp³-hybridized carbons (Fsp3) is 0.875. The highest BCUT2D eigenvalue weighted by atomic mass is 16.3. The second-order valence-electron chi connectivity index (χ2n) is 7.69. The molecule has 0 heterocycles. The summed E-state index contributed by atoms with van der Waals surface area (Å²) in [4.78, 5) is 0. The molecule has 5 atom stereocenters. The second-order valence-corrected chi connectivity index (χ2v) is 7.69. The van der Waals surface area contributed by atoms with E-state index in [2.05, 4.69) is 34.3 Å². The van der Waals surface area contributed by atoms with E-state index in [0.717, 1.165) is 12.3 Å². The van der Waals surface area contributed by atoms with Crippen LogP contribution < -0.4 is 0 Å². The molecule has 3 rings (SSSR count). The van der Waals surface area contributed by atoms with Gasteiger partial charge < -0.3 is 5.11 Å². The van der Waals surface area contributed by atoms with Gasteiger partial charge in [-0.2, -0.15) is 0 Å². The van der Waals surface area contributed by atoms with Crippen molar-refractivity contribution in [2.75, 3.05) is 0 Å². The van der Waals surface area contributed by atoms with Crippen LogP contribution in [-0.2, 0) is 0 Å². The highest BCUT2D eigenvalue weighted by Crippen LogP contribution is 2.75. The fourth-order valence-corrected chi connectivity index (χ4v) is 5.66. The summed E-state index contributed by atoms with van der Waals surface area (Å²) in [6, 6.07) is 0. The molecule has 17 heavy (non-hydrogen) atoms. The van der Waals surface area contributed by atoms with Crippen LogP contribution >= 0.6 is 0 Å². The Bertz CT molecular complexity index is 383. The number of aliphatic hydroxyl groups excluding tert-OH is 1. The molecule has 3 saturated carbocycles. The standard InChI is InChI=1S/C16H26O/c1-10-13(17)9-15(5)11(2)14(3,4)12-6-7-16(10,15)8-12/h10,12-13,17H,2,6-9H2,1,3-5H3/t10-,12?,13-,15+,16-/m0/s1. The monoisotopic (exact) mass is 234 g/mol. The predicted molar refractivity (Wildman–Crippen MR) is 70.6 cm³/mol. The maximum absolute atomic E-state index is 10.4. The van der Waals surface area contributed by atoms with Gasteiger partial charge in [0.2, 0.25) is 0 Å². The quantitative estimate of drug-likeness (QED) is 0.632. The molecule has 0 aromatic rings. The van der Waals surface area contributed by atoms with Gasteiger partial charge in [0, 0.05) is 0 Å². The third kappa shape index (κ3) is 1.06. The van der Waals surface area contributed by atoms with E-state index in [0.29, 0.717) is 11.3 Å². The van der Waals surface area contributed by atoms with E-state index < -0.39 is 0 Å². The number of allylic oxidation sites excluding steroid dienone is 1. The summed E-state index contributed by atoms with van der Waals surface area (Å²) in [6.45, 7) is 13.9. The third-order valence-electron chi connectivity index (χ3n) is 7.18. The van der Waals surface area contributed by atoms with Gasteiger partial charge in [-0.3, -0.25) is 0 Å². The van der Waals surface area contributed by atoms with Crippen LogP contribution in [0.5, 0.6) is 0 Å². The molecule has 0 aromatic heterocycles. The van der Waals surface area contributed by atoms with Crippen LogP contribution in [0.3, 0.4) is 0 Å². The third-order valence-corrected chi connectivity index (χ3v) is 7.18. The molecule has 1 nitrogen and oxygen atoms in total. The van der Waals surface area contributed by atoms with Gasteiger partial charge in [-0.1, -0.05) is 39.8 Å². The van der Waals surface area contributed by atoms with Crippen molar-refractivity contribution in [3.63, 3.8) is 0 Å². The highest BCUT2D eigenvalue weighted by molar-refractivity contribution is 5.33. The zero-order valence-electron chi connectivity index (χ0n) is 11.7. The lowest BCUT2D eigenvalue weighted by Gasteiger charge is -2.55. The lowest BCUT2D eigenvalue weighted by Crippen LogP contribution is -2.47. The molecule has 3 aliphatic rings. The molecule has 0 aliphatic heterocycles. The van der Waals surface area contributed by atoms with Crippen LogP contribution in [0.15, 0.2) is 12.2 Å². The molecule has 96 valence electrons. The lowest BCUT2D eigenvalue weighted by atomic mass is 9.49. The van der Waals surface area contributed by atoms with Crippen LogP contribution in [0, 0.1) is 28.1 Å². The van der Waals surface area contributed by atoms with Crippen molar-refractivity contribution in [2.45, 2.75) is 59.5 Å². The summed E-state index contributed by atoms with van der Waals surface area (Å²) in [7, 11) is 0. The minimum atomic E-state index is -0.121. The zero-order valence-corrected chi connectivity index (χ0v) is 11.7. The number of hydrogen-bond donors (Lipinski definition) is 1. The SMILES string of the molecule is C=C1C(C)(C)C2CC[C@]3(C2)[C@@H](C)[C@@H](O)C[C@]13C. The van der Waals surface area contributed by atoms with Gasteiger partial charge >= 0.3 is 0 Å². The van der Waals surface area contributed by atoms with Gasteiger partial charge in [0.25, 0.3) is 0 Å². The van der Waals surface area contributed by atoms with Crippen molar-refractivity contribution in [1.82, 2.24) is 0 Å². The first kappa shape index (κ1) is 11.8. The largest absolute Gasteiger partial charge is 0.393 e. The summed E-state index contributed by atoms with van der Waals surface area (Å²) < 4.78 is 0. The minimum Gasteiger partial charge on any atom is -0.393 e. The molecule has 1 unspecified atom stereocenters. The smallest absolute Gasteiger partial charge is 0.0579 e. The number of aliphatic hydroxyl groups is 1. The summed E-state index contributed by atoms with van der Waals surface area (Å²) in [5.74, 6) is 1.24. The van der Waals surface area contributed by atoms with Crippen molar-refractivity contribution in [1.29, 1.82) is 0 Å². The van der Waals surface area contributed by atoms with Crippen molar-refractivity contribution >= 4 is 0 Å². The Balaban J connectivity index is 2.16. The minimum absolute atomic E-state index is 0.121. The molecule has 0 amide bonds. The average Bonchev–Trinajstić information content (AvgIpc) is 2.76. The predicted octanol–water partition coefficient (Wildman–Crippen LogP) is 3.78. The Morgan fingerprint density at radius 2 is 1.88 bits per heavy atom. The van der Waals surface area contributed by atoms with Gasteiger partial charge in [-0.15, -0.1) is 0 Å². The van der Waals surface area contributed by atoms with Crippen molar-refractivity contribution in [3.05, 3.63) is 12.2 Å². The van der Waals surface area contributed by atoms with Gasteiger partial charge in [-0.05, 0) is 53.8 Å². The topological polar surface area (TPSA) is 20.2 Å². The van der Waals surface area contributed by atoms with Crippen LogP contribution in [0.2, 0.25) is 0 Å². The van der Waals surface area contributed by atoms with E-state index in [4.69, 9.17) is 0 Å². The highest BCUT2D eigenvalue weighted by Gasteiger charge is 2.68. The first-order valence-corrected chi connectivity index (χ1v) is 7.14. The van der Waals surface area contributed by atoms with Gasteiger partial charge in [0.15, 0.2) is 0 Å². The zero-order chi connectivity index (χ0) is 12.6. The molecule has 1 N–H and O–H groups in total. The average molecular weight is 234 g/mol. The van der Waals surface area contributed by atoms with Crippen LogP contribution in [0.4, 0.5) is 0 Å². The lowest BCUT2D eigenvalue weighted by molar-refractivity contribution is 0.0141. The summed E-state index contributed by atoms with van der Waals surface area (Å²) in [5.41, 5.74) is 2.20. The van der Waals surface area contributed by atoms with E-state index in [1.54, 1.807) is 0 Å². The van der Waals surface area contributed by atoms with Crippen molar-refractivity contribution < 1.29 is 5.11 Å². The molecule has 0 radical (unpaired) electrons. The molecule has 2 bridgehead atoms. The van der Waals surface area contributed by atoms with Crippen LogP contribution in [0.1, 0.15) is 53.4 Å². The van der Waals surface area contributed by atoms with Crippen LogP contribution in [0.25, 0.3) is 0 Å². The van der Waals surface area contributed by atoms with E-state index in [9.17, 15) is 5.11 Å². The molecule has 1 heteroatoms. The van der Waals surface area contributed by atoms with E-state index in [1.807, 2.05) is 0 Å². The molecule has 3 aliphatic carbocycles. The van der Waals surface area contributed by atoms with Crippen LogP contribution in [-0.4, -0.2) is 11.2 Å². The van der Waals surface area contributed by atoms with E-state index >= 15 is 0 Å². The van der Waals surface area contributed by atoms with Gasteiger partial charge in [-0.25, -0.2) is 0 Å². The maximum atomic E-state index is 10.4. The van der Waals surface area contributed by atoms with E-state index in [-0.39, 0.29) is 16.9 Å². The Kier molecular flexibility index (Phi) is 2.07. The van der Waals surface area contributed by atoms with Gasteiger partial charge in [0.1, 0.15) is 0 Å². The molecular formula is C16H26O. The van der Waals surface area contributed by atoms with Crippen molar-refractivity contribution in [2.24, 2.45) is 28.1 Å². The molecule has 1 spiro atoms. The Morgan fingerprint density at radius 1 is 1.24 bits per heavy atom. The summed E-state index contributed by atoms with van der Waals surface area (Å²) >= 11 is 0. The maximum Gasteiger partial charge on any atom is 0.0579 e. The summed E-state index contributed by atoms with van der Waals surface area (Å²) in [6.07, 6.45) is 4.76. The number of hydrogen-bond acceptors (Lipinski definition) is 1. The molecule has 0 saturated heterocycles. The fourth-order valence-electron chi connectivity index (χ4n) is 5.66. The molecule has 0 aromatic carbocycles. The number of rotatable bonds is 0. The number of fused-ring (bicyclic) bond motifs is 1. The van der Waals surface area contributed by atoms with Crippen molar-refractivity contribution in [3.8, 4) is 0 Å². The van der Waals surface area contributed by atoms with E-state index in [1.165, 1.54) is 24.8 Å². The first-order valence-electron chi connectivity index (χ1n) is 7.14. The normalized spacial score (nSPS) is 56.1. The Morgan fingerprint density at radius 3 is 2.53 bits per heavy atom. The molecule has 3 fully saturated rings. The second kappa shape index (κ2) is 2.99. The summed E-state index contributed by atoms with van der Waals surface area (Å²) in [5, 5.41) is 10.4. The Hall–Kier alpha value is -0.300.